The van der Waals surface area contributed by atoms with E-state index >= 15 is 0 Å². The van der Waals surface area contributed by atoms with E-state index in [1.165, 1.54) is 18.3 Å². The maximum atomic E-state index is 12.2. The van der Waals surface area contributed by atoms with Gasteiger partial charge in [-0.15, -0.1) is 0 Å². The Balaban J connectivity index is 1.48. The van der Waals surface area contributed by atoms with Crippen molar-refractivity contribution in [3.05, 3.63) is 89.1 Å². The van der Waals surface area contributed by atoms with Crippen LogP contribution >= 0.6 is 0 Å². The van der Waals surface area contributed by atoms with Gasteiger partial charge in [-0.3, -0.25) is 9.59 Å². The third-order valence-corrected chi connectivity index (χ3v) is 3.88. The fourth-order valence-electron chi connectivity index (χ4n) is 2.65. The molecule has 0 saturated carbocycles. The number of carbonyl (C=O) groups is 3. The molecule has 4 rings (SSSR count). The van der Waals surface area contributed by atoms with Gasteiger partial charge in [-0.1, -0.05) is 47.5 Å². The summed E-state index contributed by atoms with van der Waals surface area (Å²) in [5.41, 5.74) is 1.36. The molecule has 7 heteroatoms. The second kappa shape index (κ2) is 6.29. The summed E-state index contributed by atoms with van der Waals surface area (Å²) in [6.45, 7) is 0. The zero-order valence-electron chi connectivity index (χ0n) is 13.4. The largest absolute Gasteiger partial charge is 0.436 e. The first-order valence-electron chi connectivity index (χ1n) is 7.82. The average Bonchev–Trinajstić information content (AvgIpc) is 3.22. The third-order valence-electron chi connectivity index (χ3n) is 3.88. The maximum absolute atomic E-state index is 12.2. The Morgan fingerprint density at radius 1 is 0.962 bits per heavy atom. The van der Waals surface area contributed by atoms with Crippen LogP contribution in [-0.4, -0.2) is 27.8 Å². The average molecular weight is 348 g/mol. The van der Waals surface area contributed by atoms with Crippen molar-refractivity contribution in [1.29, 1.82) is 0 Å². The summed E-state index contributed by atoms with van der Waals surface area (Å²) in [7, 11) is 0. The van der Waals surface area contributed by atoms with E-state index in [0.29, 0.717) is 17.2 Å². The zero-order chi connectivity index (χ0) is 18.1. The highest BCUT2D eigenvalue weighted by Crippen LogP contribution is 2.23. The highest BCUT2D eigenvalue weighted by molar-refractivity contribution is 6.21. The molecule has 128 valence electrons. The molecule has 0 saturated heterocycles. The number of aromatic nitrogens is 1. The van der Waals surface area contributed by atoms with Crippen LogP contribution in [0.5, 0.6) is 0 Å². The molecular weight excluding hydrogens is 336 g/mol. The lowest BCUT2D eigenvalue weighted by Gasteiger charge is -2.10. The van der Waals surface area contributed by atoms with Crippen LogP contribution in [0.3, 0.4) is 0 Å². The second-order valence-corrected chi connectivity index (χ2v) is 5.62. The number of rotatable bonds is 4. The lowest BCUT2D eigenvalue weighted by Crippen LogP contribution is -2.32. The van der Waals surface area contributed by atoms with Gasteiger partial charge < -0.3 is 9.25 Å². The van der Waals surface area contributed by atoms with Crippen molar-refractivity contribution < 1.29 is 23.6 Å². The molecule has 2 aromatic carbocycles. The lowest BCUT2D eigenvalue weighted by molar-refractivity contribution is -0.0608. The summed E-state index contributed by atoms with van der Waals surface area (Å²) >= 11 is 0. The highest BCUT2D eigenvalue weighted by Gasteiger charge is 2.39. The molecule has 1 aliphatic heterocycles. The van der Waals surface area contributed by atoms with Gasteiger partial charge in [-0.25, -0.2) is 9.78 Å². The molecule has 3 aromatic rings. The molecule has 0 fully saturated rings. The van der Waals surface area contributed by atoms with Crippen molar-refractivity contribution in [3.8, 4) is 0 Å². The standard InChI is InChI=1S/C19H12N2O5/c22-17-14-8-4-5-9-15(14)18(23)21(17)26-19(24)16-20-11-13(25-16)10-12-6-2-1-3-7-12/h1-9,11H,10H2. The molecule has 1 aromatic heterocycles. The third kappa shape index (κ3) is 2.75. The number of fused-ring (bicyclic) bond motifs is 1. The van der Waals surface area contributed by atoms with Gasteiger partial charge in [0.25, 0.3) is 11.8 Å². The van der Waals surface area contributed by atoms with Gasteiger partial charge in [0.1, 0.15) is 5.76 Å². The van der Waals surface area contributed by atoms with Crippen LogP contribution in [0.2, 0.25) is 0 Å². The van der Waals surface area contributed by atoms with Crippen LogP contribution in [0.25, 0.3) is 0 Å². The Labute approximate surface area is 147 Å². The van der Waals surface area contributed by atoms with Crippen molar-refractivity contribution in [3.63, 3.8) is 0 Å². The Morgan fingerprint density at radius 2 is 1.58 bits per heavy atom. The molecule has 2 heterocycles. The first-order chi connectivity index (χ1) is 12.6. The van der Waals surface area contributed by atoms with Gasteiger partial charge in [0.05, 0.1) is 17.3 Å². The summed E-state index contributed by atoms with van der Waals surface area (Å²) in [6, 6.07) is 15.7. The number of imide groups is 1. The summed E-state index contributed by atoms with van der Waals surface area (Å²) in [6.07, 6.45) is 1.86. The van der Waals surface area contributed by atoms with E-state index in [1.54, 1.807) is 12.1 Å². The molecule has 0 bridgehead atoms. The molecular formula is C19H12N2O5. The van der Waals surface area contributed by atoms with E-state index in [-0.39, 0.29) is 17.0 Å². The number of hydrogen-bond donors (Lipinski definition) is 0. The predicted molar refractivity (Wildman–Crippen MR) is 88.1 cm³/mol. The topological polar surface area (TPSA) is 89.7 Å². The Hall–Kier alpha value is -3.74. The Kier molecular flexibility index (Phi) is 3.81. The minimum absolute atomic E-state index is 0.183. The lowest BCUT2D eigenvalue weighted by atomic mass is 10.1. The van der Waals surface area contributed by atoms with E-state index < -0.39 is 17.8 Å². The summed E-state index contributed by atoms with van der Waals surface area (Å²) in [4.78, 5) is 45.3. The van der Waals surface area contributed by atoms with Crippen molar-refractivity contribution in [2.75, 3.05) is 0 Å². The number of amides is 2. The monoisotopic (exact) mass is 348 g/mol. The van der Waals surface area contributed by atoms with Gasteiger partial charge in [-0.05, 0) is 17.7 Å². The molecule has 2 amide bonds. The van der Waals surface area contributed by atoms with Gasteiger partial charge in [0.15, 0.2) is 0 Å². The van der Waals surface area contributed by atoms with Crippen molar-refractivity contribution in [1.82, 2.24) is 10.0 Å². The number of hydroxylamine groups is 2. The maximum Gasteiger partial charge on any atom is 0.419 e. The van der Waals surface area contributed by atoms with Gasteiger partial charge in [0.2, 0.25) is 0 Å². The number of carbonyl (C=O) groups excluding carboxylic acids is 3. The van der Waals surface area contributed by atoms with E-state index in [2.05, 4.69) is 4.98 Å². The number of oxazole rings is 1. The quantitative estimate of drug-likeness (QED) is 0.673. The van der Waals surface area contributed by atoms with Crippen LogP contribution in [0.1, 0.15) is 42.7 Å². The Bertz CT molecular complexity index is 975. The molecule has 0 atom stereocenters. The van der Waals surface area contributed by atoms with Crippen molar-refractivity contribution >= 4 is 17.8 Å². The van der Waals surface area contributed by atoms with Gasteiger partial charge in [-0.2, -0.15) is 0 Å². The van der Waals surface area contributed by atoms with E-state index in [4.69, 9.17) is 9.25 Å². The zero-order valence-corrected chi connectivity index (χ0v) is 13.4. The smallest absolute Gasteiger partial charge is 0.419 e. The van der Waals surface area contributed by atoms with Crippen LogP contribution in [-0.2, 0) is 11.3 Å². The highest BCUT2D eigenvalue weighted by atomic mass is 16.7. The van der Waals surface area contributed by atoms with Crippen molar-refractivity contribution in [2.45, 2.75) is 6.42 Å². The second-order valence-electron chi connectivity index (χ2n) is 5.62. The van der Waals surface area contributed by atoms with Crippen LogP contribution < -0.4 is 0 Å². The molecule has 1 aliphatic rings. The SMILES string of the molecule is O=C(ON1C(=O)c2ccccc2C1=O)c1ncc(Cc2ccccc2)o1. The van der Waals surface area contributed by atoms with Crippen molar-refractivity contribution in [2.24, 2.45) is 0 Å². The first-order valence-corrected chi connectivity index (χ1v) is 7.82. The van der Waals surface area contributed by atoms with Crippen LogP contribution in [0.4, 0.5) is 0 Å². The van der Waals surface area contributed by atoms with E-state index in [1.807, 2.05) is 30.3 Å². The molecule has 0 spiro atoms. The number of nitrogens with zero attached hydrogens (tertiary/aromatic N) is 2. The fraction of sp³-hybridized carbons (Fsp3) is 0.0526. The normalized spacial score (nSPS) is 13.0. The summed E-state index contributed by atoms with van der Waals surface area (Å²) in [5, 5.41) is 0.425. The molecule has 0 aliphatic carbocycles. The number of hydrogen-bond acceptors (Lipinski definition) is 6. The summed E-state index contributed by atoms with van der Waals surface area (Å²) in [5.74, 6) is -2.28. The fourth-order valence-corrected chi connectivity index (χ4v) is 2.65. The molecule has 7 nitrogen and oxygen atoms in total. The molecule has 26 heavy (non-hydrogen) atoms. The van der Waals surface area contributed by atoms with Gasteiger partial charge in [0, 0.05) is 6.42 Å². The summed E-state index contributed by atoms with van der Waals surface area (Å²) < 4.78 is 5.37. The van der Waals surface area contributed by atoms with Gasteiger partial charge >= 0.3 is 11.9 Å². The molecule has 0 radical (unpaired) electrons. The van der Waals surface area contributed by atoms with E-state index in [0.717, 1.165) is 5.56 Å². The minimum Gasteiger partial charge on any atom is -0.436 e. The molecule has 0 unspecified atom stereocenters. The first kappa shape index (κ1) is 15.8. The minimum atomic E-state index is -1.01. The van der Waals surface area contributed by atoms with Crippen LogP contribution in [0, 0.1) is 0 Å². The van der Waals surface area contributed by atoms with Crippen LogP contribution in [0.15, 0.2) is 65.2 Å². The van der Waals surface area contributed by atoms with E-state index in [9.17, 15) is 14.4 Å². The number of benzene rings is 2. The Morgan fingerprint density at radius 3 is 2.23 bits per heavy atom. The molecule has 0 N–H and O–H groups in total. The predicted octanol–water partition coefficient (Wildman–Crippen LogP) is 2.63.